The van der Waals surface area contributed by atoms with Gasteiger partial charge in [0.25, 0.3) is 0 Å². The lowest BCUT2D eigenvalue weighted by molar-refractivity contribution is -0.119. The Kier molecular flexibility index (Phi) is 4.46. The van der Waals surface area contributed by atoms with Crippen LogP contribution in [0.4, 0.5) is 0 Å². The third-order valence-corrected chi connectivity index (χ3v) is 4.88. The standard InChI is InChI=1S/C15H15NO5S/c1-10-5-7-12(8-6-10)22(19,20)15(16-11(2)17)14(18)13-4-3-9-21-13/h3-9,15H,1-2H3,(H,16,17)/t15-/m0/s1. The number of nitrogens with one attached hydrogen (secondary N) is 1. The summed E-state index contributed by atoms with van der Waals surface area (Å²) in [5.74, 6) is -1.57. The van der Waals surface area contributed by atoms with Crippen molar-refractivity contribution < 1.29 is 22.4 Å². The van der Waals surface area contributed by atoms with Crippen molar-refractivity contribution in [1.29, 1.82) is 0 Å². The number of amides is 1. The van der Waals surface area contributed by atoms with Crippen molar-refractivity contribution in [2.45, 2.75) is 24.1 Å². The first-order valence-corrected chi connectivity index (χ1v) is 8.02. The normalized spacial score (nSPS) is 12.6. The Bertz CT molecular complexity index is 776. The van der Waals surface area contributed by atoms with Crippen molar-refractivity contribution in [2.24, 2.45) is 0 Å². The maximum Gasteiger partial charge on any atom is 0.236 e. The highest BCUT2D eigenvalue weighted by Crippen LogP contribution is 2.19. The van der Waals surface area contributed by atoms with Crippen LogP contribution in [0.3, 0.4) is 0 Å². The zero-order chi connectivity index (χ0) is 16.3. The monoisotopic (exact) mass is 321 g/mol. The molecule has 0 saturated carbocycles. The number of carbonyl (C=O) groups excluding carboxylic acids is 2. The fourth-order valence-corrected chi connectivity index (χ4v) is 3.39. The van der Waals surface area contributed by atoms with Gasteiger partial charge in [-0.1, -0.05) is 17.7 Å². The number of aryl methyl sites for hydroxylation is 1. The predicted molar refractivity (Wildman–Crippen MR) is 79.0 cm³/mol. The van der Waals surface area contributed by atoms with Gasteiger partial charge in [-0.2, -0.15) is 0 Å². The highest BCUT2D eigenvalue weighted by molar-refractivity contribution is 7.92. The lowest BCUT2D eigenvalue weighted by Gasteiger charge is -2.16. The van der Waals surface area contributed by atoms with E-state index in [1.165, 1.54) is 30.5 Å². The van der Waals surface area contributed by atoms with Gasteiger partial charge in [-0.25, -0.2) is 8.42 Å². The molecule has 0 aliphatic rings. The Labute approximate surface area is 128 Å². The van der Waals surface area contributed by atoms with Crippen LogP contribution in [0.1, 0.15) is 23.0 Å². The van der Waals surface area contributed by atoms with Gasteiger partial charge in [0.2, 0.25) is 26.9 Å². The molecule has 1 aromatic heterocycles. The number of hydrogen-bond donors (Lipinski definition) is 1. The van der Waals surface area contributed by atoms with Crippen molar-refractivity contribution >= 4 is 21.5 Å². The molecule has 1 atom stereocenters. The molecular weight excluding hydrogens is 306 g/mol. The van der Waals surface area contributed by atoms with Crippen LogP contribution in [0, 0.1) is 6.92 Å². The summed E-state index contributed by atoms with van der Waals surface area (Å²) in [4.78, 5) is 23.6. The van der Waals surface area contributed by atoms with Gasteiger partial charge in [-0.3, -0.25) is 9.59 Å². The van der Waals surface area contributed by atoms with E-state index in [-0.39, 0.29) is 10.7 Å². The minimum absolute atomic E-state index is 0.0447. The summed E-state index contributed by atoms with van der Waals surface area (Å²) in [7, 11) is -4.08. The molecule has 1 amide bonds. The third-order valence-electron chi connectivity index (χ3n) is 3.00. The molecule has 0 aliphatic heterocycles. The lowest BCUT2D eigenvalue weighted by atomic mass is 10.2. The van der Waals surface area contributed by atoms with Crippen molar-refractivity contribution in [3.05, 3.63) is 54.0 Å². The second-order valence-corrected chi connectivity index (χ2v) is 6.81. The van der Waals surface area contributed by atoms with Gasteiger partial charge in [0.1, 0.15) is 0 Å². The molecule has 7 heteroatoms. The zero-order valence-electron chi connectivity index (χ0n) is 12.1. The van der Waals surface area contributed by atoms with Gasteiger partial charge in [0, 0.05) is 6.92 Å². The highest BCUT2D eigenvalue weighted by Gasteiger charge is 2.36. The molecule has 0 saturated heterocycles. The van der Waals surface area contributed by atoms with Gasteiger partial charge in [0.15, 0.2) is 5.76 Å². The van der Waals surface area contributed by atoms with Gasteiger partial charge in [-0.15, -0.1) is 0 Å². The molecule has 0 unspecified atom stereocenters. The first-order chi connectivity index (χ1) is 10.3. The minimum Gasteiger partial charge on any atom is -0.461 e. The first-order valence-electron chi connectivity index (χ1n) is 6.48. The summed E-state index contributed by atoms with van der Waals surface area (Å²) in [5.41, 5.74) is 0.882. The van der Waals surface area contributed by atoms with Gasteiger partial charge >= 0.3 is 0 Å². The predicted octanol–water partition coefficient (Wildman–Crippen LogP) is 1.71. The van der Waals surface area contributed by atoms with E-state index in [2.05, 4.69) is 5.32 Å². The van der Waals surface area contributed by atoms with E-state index in [4.69, 9.17) is 4.42 Å². The summed E-state index contributed by atoms with van der Waals surface area (Å²) in [5, 5.41) is 0.462. The van der Waals surface area contributed by atoms with Crippen molar-refractivity contribution in [1.82, 2.24) is 5.32 Å². The quantitative estimate of drug-likeness (QED) is 0.846. The zero-order valence-corrected chi connectivity index (χ0v) is 12.9. The Morgan fingerprint density at radius 3 is 2.27 bits per heavy atom. The molecule has 0 fully saturated rings. The first kappa shape index (κ1) is 16.0. The highest BCUT2D eigenvalue weighted by atomic mass is 32.2. The van der Waals surface area contributed by atoms with E-state index in [0.717, 1.165) is 12.5 Å². The summed E-state index contributed by atoms with van der Waals surface area (Å²) < 4.78 is 30.2. The fraction of sp³-hybridized carbons (Fsp3) is 0.200. The van der Waals surface area contributed by atoms with Gasteiger partial charge in [-0.05, 0) is 31.2 Å². The summed E-state index contributed by atoms with van der Waals surface area (Å²) in [6.07, 6.45) is 1.26. The molecule has 1 heterocycles. The van der Waals surface area contributed by atoms with E-state index in [1.54, 1.807) is 12.1 Å². The van der Waals surface area contributed by atoms with Crippen molar-refractivity contribution in [3.63, 3.8) is 0 Å². The molecule has 0 bridgehead atoms. The smallest absolute Gasteiger partial charge is 0.236 e. The maximum absolute atomic E-state index is 12.6. The number of benzene rings is 1. The van der Waals surface area contributed by atoms with Crippen LogP contribution in [0.2, 0.25) is 0 Å². The van der Waals surface area contributed by atoms with Crippen LogP contribution in [0.5, 0.6) is 0 Å². The van der Waals surface area contributed by atoms with E-state index in [9.17, 15) is 18.0 Å². The van der Waals surface area contributed by atoms with Crippen LogP contribution < -0.4 is 5.32 Å². The van der Waals surface area contributed by atoms with Crippen LogP contribution in [0.25, 0.3) is 0 Å². The van der Waals surface area contributed by atoms with Crippen LogP contribution in [-0.4, -0.2) is 25.5 Å². The Morgan fingerprint density at radius 2 is 1.77 bits per heavy atom. The molecule has 0 radical (unpaired) electrons. The molecule has 2 aromatic rings. The number of sulfone groups is 1. The number of rotatable bonds is 5. The molecule has 1 aromatic carbocycles. The van der Waals surface area contributed by atoms with E-state index >= 15 is 0 Å². The van der Waals surface area contributed by atoms with E-state index in [0.29, 0.717) is 0 Å². The molecule has 6 nitrogen and oxygen atoms in total. The maximum atomic E-state index is 12.6. The lowest BCUT2D eigenvalue weighted by Crippen LogP contribution is -2.45. The molecule has 0 spiro atoms. The number of furan rings is 1. The largest absolute Gasteiger partial charge is 0.461 e. The SMILES string of the molecule is CC(=O)N[C@H](C(=O)c1ccco1)S(=O)(=O)c1ccc(C)cc1. The van der Waals surface area contributed by atoms with Crippen LogP contribution >= 0.6 is 0 Å². The molecule has 1 N–H and O–H groups in total. The second kappa shape index (κ2) is 6.15. The Hall–Kier alpha value is -2.41. The number of ketones is 1. The Morgan fingerprint density at radius 1 is 1.14 bits per heavy atom. The molecule has 22 heavy (non-hydrogen) atoms. The summed E-state index contributed by atoms with van der Waals surface area (Å²) >= 11 is 0. The van der Waals surface area contributed by atoms with Crippen LogP contribution in [-0.2, 0) is 14.6 Å². The van der Waals surface area contributed by atoms with Gasteiger partial charge < -0.3 is 9.73 Å². The summed E-state index contributed by atoms with van der Waals surface area (Å²) in [6, 6.07) is 8.85. The Balaban J connectivity index is 2.46. The van der Waals surface area contributed by atoms with Gasteiger partial charge in [0.05, 0.1) is 11.2 Å². The van der Waals surface area contributed by atoms with E-state index in [1.807, 2.05) is 6.92 Å². The molecular formula is C15H15NO5S. The topological polar surface area (TPSA) is 93.4 Å². The fourth-order valence-electron chi connectivity index (χ4n) is 1.88. The van der Waals surface area contributed by atoms with E-state index < -0.39 is 26.9 Å². The number of carbonyl (C=O) groups is 2. The third kappa shape index (κ3) is 3.25. The number of hydrogen-bond acceptors (Lipinski definition) is 5. The molecule has 116 valence electrons. The number of Topliss-reactive ketones (excluding diaryl/α,β-unsaturated/α-hetero) is 1. The van der Waals surface area contributed by atoms with Crippen LogP contribution in [0.15, 0.2) is 52.0 Å². The average Bonchev–Trinajstić information content (AvgIpc) is 2.98. The second-order valence-electron chi connectivity index (χ2n) is 4.78. The summed E-state index contributed by atoms with van der Waals surface area (Å²) in [6.45, 7) is 2.96. The average molecular weight is 321 g/mol. The molecule has 0 aliphatic carbocycles. The van der Waals surface area contributed by atoms with Crippen molar-refractivity contribution in [2.75, 3.05) is 0 Å². The van der Waals surface area contributed by atoms with Crippen molar-refractivity contribution in [3.8, 4) is 0 Å². The minimum atomic E-state index is -4.08. The molecule has 2 rings (SSSR count).